The molecule has 0 spiro atoms. The molecule has 2 aromatic carbocycles. The molecule has 0 aliphatic heterocycles. The Hall–Kier alpha value is -2.46. The lowest BCUT2D eigenvalue weighted by Crippen LogP contribution is -2.16. The van der Waals surface area contributed by atoms with Crippen LogP contribution >= 0.6 is 11.6 Å². The number of benzene rings is 2. The van der Waals surface area contributed by atoms with E-state index in [1.54, 1.807) is 7.11 Å². The predicted molar refractivity (Wildman–Crippen MR) is 94.6 cm³/mol. The molecule has 0 saturated carbocycles. The zero-order valence-electron chi connectivity index (χ0n) is 12.9. The first-order chi connectivity index (χ1) is 11.1. The van der Waals surface area contributed by atoms with Crippen LogP contribution in [0.25, 0.3) is 10.9 Å². The molecule has 0 unspecified atom stereocenters. The molecule has 0 fully saturated rings. The van der Waals surface area contributed by atoms with Crippen LogP contribution in [0, 0.1) is 6.92 Å². The zero-order chi connectivity index (χ0) is 16.4. The van der Waals surface area contributed by atoms with E-state index in [4.69, 9.17) is 16.3 Å². The Morgan fingerprint density at radius 1 is 1.22 bits per heavy atom. The smallest absolute Gasteiger partial charge is 0.253 e. The topological polar surface area (TPSA) is 54.1 Å². The van der Waals surface area contributed by atoms with Gasteiger partial charge in [0.15, 0.2) is 0 Å². The molecular weight excluding hydrogens is 312 g/mol. The Kier molecular flexibility index (Phi) is 4.26. The van der Waals surface area contributed by atoms with Crippen molar-refractivity contribution >= 4 is 28.2 Å². The third kappa shape index (κ3) is 3.17. The summed E-state index contributed by atoms with van der Waals surface area (Å²) in [6.07, 6.45) is 0. The molecule has 5 heteroatoms. The van der Waals surface area contributed by atoms with Gasteiger partial charge in [-0.3, -0.25) is 4.79 Å². The number of fused-ring (bicyclic) bond motifs is 1. The summed E-state index contributed by atoms with van der Waals surface area (Å²) in [5.74, 6) is 0.716. The fourth-order valence-corrected chi connectivity index (χ4v) is 2.65. The highest BCUT2D eigenvalue weighted by atomic mass is 35.5. The fourth-order valence-electron chi connectivity index (χ4n) is 2.47. The molecule has 1 aromatic heterocycles. The van der Waals surface area contributed by atoms with Crippen molar-refractivity contribution < 1.29 is 4.74 Å². The van der Waals surface area contributed by atoms with Gasteiger partial charge in [0.2, 0.25) is 0 Å². The molecular formula is C18H17ClN2O2. The van der Waals surface area contributed by atoms with Gasteiger partial charge in [0.25, 0.3) is 5.56 Å². The lowest BCUT2D eigenvalue weighted by molar-refractivity contribution is 0.415. The van der Waals surface area contributed by atoms with Crippen molar-refractivity contribution in [3.8, 4) is 5.75 Å². The van der Waals surface area contributed by atoms with Crippen LogP contribution in [0.15, 0.2) is 47.3 Å². The van der Waals surface area contributed by atoms with Crippen LogP contribution in [0.5, 0.6) is 5.75 Å². The number of H-pyrrole nitrogens is 1. The van der Waals surface area contributed by atoms with Crippen molar-refractivity contribution in [1.82, 2.24) is 4.98 Å². The normalized spacial score (nSPS) is 10.7. The van der Waals surface area contributed by atoms with E-state index in [2.05, 4.69) is 10.3 Å². The number of methoxy groups -OCH3 is 1. The molecule has 0 aliphatic carbocycles. The summed E-state index contributed by atoms with van der Waals surface area (Å²) < 4.78 is 5.18. The lowest BCUT2D eigenvalue weighted by atomic mass is 10.1. The highest BCUT2D eigenvalue weighted by Gasteiger charge is 2.06. The Bertz CT molecular complexity index is 919. The maximum atomic E-state index is 12.2. The van der Waals surface area contributed by atoms with E-state index in [0.29, 0.717) is 22.9 Å². The van der Waals surface area contributed by atoms with Crippen molar-refractivity contribution in [2.45, 2.75) is 13.5 Å². The van der Waals surface area contributed by atoms with Crippen LogP contribution in [0.2, 0.25) is 5.02 Å². The highest BCUT2D eigenvalue weighted by Crippen LogP contribution is 2.23. The molecule has 0 radical (unpaired) electrons. The number of halogens is 1. The first-order valence-electron chi connectivity index (χ1n) is 7.27. The third-order valence-corrected chi connectivity index (χ3v) is 4.28. The number of nitrogens with one attached hydrogen (secondary N) is 2. The van der Waals surface area contributed by atoms with Crippen LogP contribution in [-0.4, -0.2) is 12.1 Å². The van der Waals surface area contributed by atoms with Gasteiger partial charge >= 0.3 is 0 Å². The number of hydrogen-bond acceptors (Lipinski definition) is 3. The standard InChI is InChI=1S/C18H17ClN2O2/c1-11-15(19)4-3-5-16(11)20-10-13-8-12-6-7-14(23-2)9-17(12)21-18(13)22/h3-9,20H,10H2,1-2H3,(H,21,22). The van der Waals surface area contributed by atoms with E-state index in [1.165, 1.54) is 0 Å². The van der Waals surface area contributed by atoms with E-state index in [1.807, 2.05) is 49.4 Å². The van der Waals surface area contributed by atoms with Crippen molar-refractivity contribution in [2.75, 3.05) is 12.4 Å². The number of rotatable bonds is 4. The van der Waals surface area contributed by atoms with Crippen molar-refractivity contribution in [3.63, 3.8) is 0 Å². The second kappa shape index (κ2) is 6.34. The molecule has 118 valence electrons. The van der Waals surface area contributed by atoms with Gasteiger partial charge in [-0.15, -0.1) is 0 Å². The van der Waals surface area contributed by atoms with E-state index in [9.17, 15) is 4.79 Å². The maximum Gasteiger partial charge on any atom is 0.253 e. The average Bonchev–Trinajstić information content (AvgIpc) is 2.55. The van der Waals surface area contributed by atoms with Crippen molar-refractivity contribution in [3.05, 3.63) is 69.0 Å². The number of pyridine rings is 1. The van der Waals surface area contributed by atoms with E-state index in [-0.39, 0.29) is 5.56 Å². The van der Waals surface area contributed by atoms with Crippen LogP contribution < -0.4 is 15.6 Å². The summed E-state index contributed by atoms with van der Waals surface area (Å²) >= 11 is 6.11. The van der Waals surface area contributed by atoms with Gasteiger partial charge in [-0.2, -0.15) is 0 Å². The lowest BCUT2D eigenvalue weighted by Gasteiger charge is -2.11. The van der Waals surface area contributed by atoms with Gasteiger partial charge in [-0.25, -0.2) is 0 Å². The van der Waals surface area contributed by atoms with Crippen LogP contribution in [-0.2, 0) is 6.54 Å². The number of ether oxygens (including phenoxy) is 1. The average molecular weight is 329 g/mol. The molecule has 4 nitrogen and oxygen atoms in total. The van der Waals surface area contributed by atoms with Crippen LogP contribution in [0.1, 0.15) is 11.1 Å². The summed E-state index contributed by atoms with van der Waals surface area (Å²) in [6.45, 7) is 2.38. The van der Waals surface area contributed by atoms with Gasteiger partial charge in [0.05, 0.1) is 12.6 Å². The molecule has 0 bridgehead atoms. The largest absolute Gasteiger partial charge is 0.497 e. The Labute approximate surface area is 139 Å². The van der Waals surface area contributed by atoms with Crippen molar-refractivity contribution in [1.29, 1.82) is 0 Å². The van der Waals surface area contributed by atoms with Gasteiger partial charge in [-0.05, 0) is 48.2 Å². The number of aromatic nitrogens is 1. The first-order valence-corrected chi connectivity index (χ1v) is 7.65. The SMILES string of the molecule is COc1ccc2cc(CNc3cccc(Cl)c3C)c(=O)[nH]c2c1. The molecule has 23 heavy (non-hydrogen) atoms. The van der Waals surface area contributed by atoms with Crippen molar-refractivity contribution in [2.24, 2.45) is 0 Å². The van der Waals surface area contributed by atoms with Gasteiger partial charge in [0.1, 0.15) is 5.75 Å². The fraction of sp³-hybridized carbons (Fsp3) is 0.167. The second-order valence-corrected chi connectivity index (χ2v) is 5.75. The van der Waals surface area contributed by atoms with Crippen LogP contribution in [0.3, 0.4) is 0 Å². The minimum atomic E-state index is -0.113. The van der Waals surface area contributed by atoms with Gasteiger partial charge in [0, 0.05) is 28.9 Å². The molecule has 3 rings (SSSR count). The number of aromatic amines is 1. The van der Waals surface area contributed by atoms with Crippen LogP contribution in [0.4, 0.5) is 5.69 Å². The first kappa shape index (κ1) is 15.4. The number of hydrogen-bond donors (Lipinski definition) is 2. The molecule has 1 heterocycles. The quantitative estimate of drug-likeness (QED) is 0.757. The molecule has 2 N–H and O–H groups in total. The molecule has 3 aromatic rings. The minimum absolute atomic E-state index is 0.113. The predicted octanol–water partition coefficient (Wildman–Crippen LogP) is 4.11. The number of anilines is 1. The summed E-state index contributed by atoms with van der Waals surface area (Å²) in [7, 11) is 1.60. The highest BCUT2D eigenvalue weighted by molar-refractivity contribution is 6.31. The molecule has 0 saturated heterocycles. The monoisotopic (exact) mass is 328 g/mol. The summed E-state index contributed by atoms with van der Waals surface area (Å²) in [6, 6.07) is 13.2. The Balaban J connectivity index is 1.90. The Morgan fingerprint density at radius 3 is 2.83 bits per heavy atom. The van der Waals surface area contributed by atoms with E-state index in [0.717, 1.165) is 22.2 Å². The maximum absolute atomic E-state index is 12.2. The van der Waals surface area contributed by atoms with Gasteiger partial charge in [-0.1, -0.05) is 17.7 Å². The van der Waals surface area contributed by atoms with E-state index < -0.39 is 0 Å². The van der Waals surface area contributed by atoms with E-state index >= 15 is 0 Å². The summed E-state index contributed by atoms with van der Waals surface area (Å²) in [5, 5.41) is 4.94. The summed E-state index contributed by atoms with van der Waals surface area (Å²) in [5.41, 5.74) is 3.21. The molecule has 0 amide bonds. The summed E-state index contributed by atoms with van der Waals surface area (Å²) in [4.78, 5) is 15.1. The second-order valence-electron chi connectivity index (χ2n) is 5.34. The third-order valence-electron chi connectivity index (χ3n) is 3.87. The molecule has 0 atom stereocenters. The minimum Gasteiger partial charge on any atom is -0.497 e. The zero-order valence-corrected chi connectivity index (χ0v) is 13.7. The molecule has 0 aliphatic rings. The van der Waals surface area contributed by atoms with Gasteiger partial charge < -0.3 is 15.0 Å². The Morgan fingerprint density at radius 2 is 2.04 bits per heavy atom.